The Hall–Kier alpha value is -2.57. The molecule has 3 rings (SSSR count). The summed E-state index contributed by atoms with van der Waals surface area (Å²) in [6, 6.07) is 4.97. The lowest BCUT2D eigenvalue weighted by Crippen LogP contribution is -2.28. The maximum atomic E-state index is 11.9. The highest BCUT2D eigenvalue weighted by Gasteiger charge is 2.23. The largest absolute Gasteiger partial charge is 0.478 e. The van der Waals surface area contributed by atoms with Crippen LogP contribution in [-0.4, -0.2) is 32.6 Å². The van der Waals surface area contributed by atoms with Crippen LogP contribution in [0.15, 0.2) is 23.0 Å². The molecule has 1 aromatic carbocycles. The van der Waals surface area contributed by atoms with E-state index in [-0.39, 0.29) is 36.0 Å². The molecule has 0 aliphatic heterocycles. The van der Waals surface area contributed by atoms with Crippen LogP contribution in [0.25, 0.3) is 11.0 Å². The fourth-order valence-electron chi connectivity index (χ4n) is 2.32. The van der Waals surface area contributed by atoms with Gasteiger partial charge in [-0.25, -0.2) is 9.59 Å². The van der Waals surface area contributed by atoms with E-state index in [1.54, 1.807) is 12.1 Å². The van der Waals surface area contributed by atoms with Crippen molar-refractivity contribution in [3.05, 3.63) is 34.2 Å². The van der Waals surface area contributed by atoms with E-state index in [9.17, 15) is 14.4 Å². The molecule has 0 bridgehead atoms. The molecule has 7 nitrogen and oxygen atoms in total. The number of carbonyl (C=O) groups is 2. The predicted octanol–water partition coefficient (Wildman–Crippen LogP) is 0.696. The number of nitrogens with zero attached hydrogens (tertiary/aromatic N) is 1. The van der Waals surface area contributed by atoms with Gasteiger partial charge in [0.2, 0.25) is 5.91 Å². The van der Waals surface area contributed by atoms with Gasteiger partial charge in [0.1, 0.15) is 0 Å². The molecule has 0 spiro atoms. The lowest BCUT2D eigenvalue weighted by atomic mass is 10.2. The van der Waals surface area contributed by atoms with Crippen LogP contribution in [0.4, 0.5) is 0 Å². The van der Waals surface area contributed by atoms with E-state index in [0.29, 0.717) is 5.52 Å². The first-order valence-electron chi connectivity index (χ1n) is 6.80. The molecular weight excluding hydrogens is 274 g/mol. The second-order valence-electron chi connectivity index (χ2n) is 5.18. The lowest BCUT2D eigenvalue weighted by molar-refractivity contribution is -0.121. The molecule has 1 aliphatic carbocycles. The average Bonchev–Trinajstić information content (AvgIpc) is 3.17. The molecule has 1 fully saturated rings. The highest BCUT2D eigenvalue weighted by atomic mass is 16.4. The number of fused-ring (bicyclic) bond motifs is 1. The minimum absolute atomic E-state index is 0.0470. The number of para-hydroxylation sites is 1. The molecule has 1 heterocycles. The Kier molecular flexibility index (Phi) is 3.25. The summed E-state index contributed by atoms with van der Waals surface area (Å²) < 4.78 is 1.40. The van der Waals surface area contributed by atoms with Gasteiger partial charge in [-0.1, -0.05) is 6.07 Å². The number of carboxylic acid groups (broad SMARTS) is 1. The number of carboxylic acids is 1. The average molecular weight is 289 g/mol. The summed E-state index contributed by atoms with van der Waals surface area (Å²) in [6.45, 7) is 0.223. The number of amides is 1. The summed E-state index contributed by atoms with van der Waals surface area (Å²) in [4.78, 5) is 37.3. The first-order chi connectivity index (χ1) is 10.1. The molecule has 21 heavy (non-hydrogen) atoms. The number of imidazole rings is 1. The van der Waals surface area contributed by atoms with Crippen molar-refractivity contribution in [1.82, 2.24) is 14.9 Å². The Balaban J connectivity index is 1.86. The second kappa shape index (κ2) is 5.08. The minimum atomic E-state index is -1.10. The Labute approximate surface area is 119 Å². The summed E-state index contributed by atoms with van der Waals surface area (Å²) in [5.74, 6) is -1.19. The van der Waals surface area contributed by atoms with Crippen molar-refractivity contribution in [1.29, 1.82) is 0 Å². The van der Waals surface area contributed by atoms with Gasteiger partial charge in [-0.05, 0) is 25.0 Å². The van der Waals surface area contributed by atoms with Crippen LogP contribution in [0.1, 0.15) is 29.6 Å². The van der Waals surface area contributed by atoms with Crippen LogP contribution in [0.2, 0.25) is 0 Å². The molecule has 7 heteroatoms. The normalized spacial score (nSPS) is 14.3. The van der Waals surface area contributed by atoms with Crippen molar-refractivity contribution in [2.75, 3.05) is 0 Å². The SMILES string of the molecule is O=C(CCn1c(=O)[nH]c2c(C(=O)O)cccc21)NC1CC1. The first-order valence-corrected chi connectivity index (χ1v) is 6.80. The third-order valence-corrected chi connectivity index (χ3v) is 3.55. The number of H-pyrrole nitrogens is 1. The van der Waals surface area contributed by atoms with Gasteiger partial charge in [0.15, 0.2) is 0 Å². The summed E-state index contributed by atoms with van der Waals surface area (Å²) >= 11 is 0. The van der Waals surface area contributed by atoms with Gasteiger partial charge >= 0.3 is 11.7 Å². The van der Waals surface area contributed by atoms with E-state index in [1.807, 2.05) is 0 Å². The molecule has 1 aromatic heterocycles. The number of hydrogen-bond acceptors (Lipinski definition) is 3. The van der Waals surface area contributed by atoms with E-state index in [0.717, 1.165) is 12.8 Å². The highest BCUT2D eigenvalue weighted by molar-refractivity contribution is 6.00. The van der Waals surface area contributed by atoms with Crippen molar-refractivity contribution >= 4 is 22.9 Å². The standard InChI is InChI=1S/C14H15N3O4/c18-11(15-8-4-5-8)6-7-17-10-3-1-2-9(13(19)20)12(10)16-14(17)21/h1-3,8H,4-7H2,(H,15,18)(H,16,21)(H,19,20). The van der Waals surface area contributed by atoms with E-state index >= 15 is 0 Å². The Morgan fingerprint density at radius 1 is 1.38 bits per heavy atom. The molecule has 1 aliphatic rings. The van der Waals surface area contributed by atoms with Crippen LogP contribution < -0.4 is 11.0 Å². The fourth-order valence-corrected chi connectivity index (χ4v) is 2.32. The predicted molar refractivity (Wildman–Crippen MR) is 75.3 cm³/mol. The molecule has 0 radical (unpaired) electrons. The molecule has 1 saturated carbocycles. The molecular formula is C14H15N3O4. The number of rotatable bonds is 5. The number of aromatic carboxylic acids is 1. The van der Waals surface area contributed by atoms with Gasteiger partial charge in [-0.3, -0.25) is 9.36 Å². The number of aryl methyl sites for hydroxylation is 1. The summed E-state index contributed by atoms with van der Waals surface area (Å²) in [7, 11) is 0. The maximum absolute atomic E-state index is 11.9. The van der Waals surface area contributed by atoms with Gasteiger partial charge in [-0.2, -0.15) is 0 Å². The van der Waals surface area contributed by atoms with Crippen LogP contribution in [0.5, 0.6) is 0 Å². The van der Waals surface area contributed by atoms with Crippen molar-refractivity contribution in [2.45, 2.75) is 31.8 Å². The number of carbonyl (C=O) groups excluding carboxylic acids is 1. The Morgan fingerprint density at radius 2 is 2.14 bits per heavy atom. The number of hydrogen-bond donors (Lipinski definition) is 3. The quantitative estimate of drug-likeness (QED) is 0.753. The monoisotopic (exact) mass is 289 g/mol. The number of benzene rings is 1. The molecule has 3 N–H and O–H groups in total. The van der Waals surface area contributed by atoms with E-state index in [4.69, 9.17) is 5.11 Å². The first kappa shape index (κ1) is 13.4. The number of aromatic nitrogens is 2. The Bertz CT molecular complexity index is 770. The van der Waals surface area contributed by atoms with Crippen molar-refractivity contribution in [3.8, 4) is 0 Å². The van der Waals surface area contributed by atoms with Crippen molar-refractivity contribution < 1.29 is 14.7 Å². The smallest absolute Gasteiger partial charge is 0.337 e. The topological polar surface area (TPSA) is 104 Å². The van der Waals surface area contributed by atoms with Gasteiger partial charge in [0, 0.05) is 19.0 Å². The van der Waals surface area contributed by atoms with Gasteiger partial charge in [0.05, 0.1) is 16.6 Å². The molecule has 2 aromatic rings. The Morgan fingerprint density at radius 3 is 2.81 bits per heavy atom. The van der Waals surface area contributed by atoms with Crippen LogP contribution in [0, 0.1) is 0 Å². The lowest BCUT2D eigenvalue weighted by Gasteiger charge is -2.05. The molecule has 110 valence electrons. The van der Waals surface area contributed by atoms with Gasteiger partial charge in [0.25, 0.3) is 0 Å². The second-order valence-corrected chi connectivity index (χ2v) is 5.18. The highest BCUT2D eigenvalue weighted by Crippen LogP contribution is 2.19. The van der Waals surface area contributed by atoms with Crippen LogP contribution in [0.3, 0.4) is 0 Å². The molecule has 1 amide bonds. The zero-order valence-corrected chi connectivity index (χ0v) is 11.3. The van der Waals surface area contributed by atoms with Crippen molar-refractivity contribution in [3.63, 3.8) is 0 Å². The van der Waals surface area contributed by atoms with E-state index in [2.05, 4.69) is 10.3 Å². The van der Waals surface area contributed by atoms with Gasteiger partial charge < -0.3 is 15.4 Å². The zero-order chi connectivity index (χ0) is 15.0. The van der Waals surface area contributed by atoms with E-state index in [1.165, 1.54) is 10.6 Å². The maximum Gasteiger partial charge on any atom is 0.337 e. The van der Waals surface area contributed by atoms with Crippen LogP contribution in [-0.2, 0) is 11.3 Å². The zero-order valence-electron chi connectivity index (χ0n) is 11.3. The molecule has 0 atom stereocenters. The summed E-state index contributed by atoms with van der Waals surface area (Å²) in [5.41, 5.74) is 0.431. The van der Waals surface area contributed by atoms with Gasteiger partial charge in [-0.15, -0.1) is 0 Å². The fraction of sp³-hybridized carbons (Fsp3) is 0.357. The number of nitrogens with one attached hydrogen (secondary N) is 2. The van der Waals surface area contributed by atoms with E-state index < -0.39 is 11.7 Å². The summed E-state index contributed by atoms with van der Waals surface area (Å²) in [6.07, 6.45) is 2.22. The third-order valence-electron chi connectivity index (χ3n) is 3.55. The third kappa shape index (κ3) is 2.67. The summed E-state index contributed by atoms with van der Waals surface area (Å²) in [5, 5.41) is 12.0. The number of aromatic amines is 1. The van der Waals surface area contributed by atoms with Crippen molar-refractivity contribution in [2.24, 2.45) is 0 Å². The van der Waals surface area contributed by atoms with Crippen LogP contribution >= 0.6 is 0 Å². The molecule has 0 unspecified atom stereocenters. The minimum Gasteiger partial charge on any atom is -0.478 e. The molecule has 0 saturated heterocycles.